The number of allylic oxidation sites excluding steroid dienone is 1. The van der Waals surface area contributed by atoms with Crippen molar-refractivity contribution < 1.29 is 17.6 Å². The van der Waals surface area contributed by atoms with Gasteiger partial charge in [-0.2, -0.15) is 0 Å². The van der Waals surface area contributed by atoms with Crippen LogP contribution >= 0.6 is 0 Å². The molecular formula is C27H38F4N6. The third kappa shape index (κ3) is 11.1. The summed E-state index contributed by atoms with van der Waals surface area (Å²) < 4.78 is 54.3. The first-order chi connectivity index (χ1) is 17.7. The highest BCUT2D eigenvalue weighted by molar-refractivity contribution is 5.77. The molecule has 2 rings (SSSR count). The Hall–Kier alpha value is -3.30. The molecule has 1 aromatic carbocycles. The first-order valence-corrected chi connectivity index (χ1v) is 12.5. The molecule has 10 heteroatoms. The Balaban J connectivity index is 2.07. The van der Waals surface area contributed by atoms with Crippen molar-refractivity contribution in [3.63, 3.8) is 0 Å². The van der Waals surface area contributed by atoms with Gasteiger partial charge in [0.15, 0.2) is 5.83 Å². The van der Waals surface area contributed by atoms with Gasteiger partial charge in [-0.25, -0.2) is 17.6 Å². The van der Waals surface area contributed by atoms with Crippen molar-refractivity contribution in [2.24, 2.45) is 21.6 Å². The minimum atomic E-state index is -2.55. The number of benzene rings is 1. The summed E-state index contributed by atoms with van der Waals surface area (Å²) in [6.45, 7) is 9.55. The zero-order chi connectivity index (χ0) is 27.2. The second-order valence-corrected chi connectivity index (χ2v) is 9.01. The molecule has 1 unspecified atom stereocenters. The standard InChI is InChI=1S/C27H38F4N6/c1-4-23(5-2)35-18-36-27(34-14-20-8-10-37(11-9-20)17-19(3)32)25(29)16-33-15-22-7-6-21(12-24(22)28)13-26(30)31/h6-8,10,12,16,18,20,23,26,34H,3-5,9,11,13-15,17,32H2,1-2H3,(H,35,36)/b27-25+,33-16?. The first kappa shape index (κ1) is 29.9. The predicted octanol–water partition coefficient (Wildman–Crippen LogP) is 5.05. The van der Waals surface area contributed by atoms with Gasteiger partial charge in [-0.15, -0.1) is 0 Å². The van der Waals surface area contributed by atoms with Crippen LogP contribution in [0.2, 0.25) is 0 Å². The molecule has 204 valence electrons. The van der Waals surface area contributed by atoms with Crippen LogP contribution in [0, 0.1) is 11.7 Å². The van der Waals surface area contributed by atoms with E-state index in [0.29, 0.717) is 18.8 Å². The topological polar surface area (TPSA) is 78.0 Å². The van der Waals surface area contributed by atoms with E-state index >= 15 is 4.39 Å². The van der Waals surface area contributed by atoms with Crippen molar-refractivity contribution >= 4 is 12.6 Å². The molecule has 1 aliphatic rings. The lowest BCUT2D eigenvalue weighted by Gasteiger charge is -2.28. The molecule has 0 radical (unpaired) electrons. The molecule has 0 amide bonds. The number of nitrogens with one attached hydrogen (secondary N) is 2. The maximum atomic E-state index is 15.0. The predicted molar refractivity (Wildman–Crippen MR) is 143 cm³/mol. The van der Waals surface area contributed by atoms with Crippen LogP contribution in [0.5, 0.6) is 0 Å². The van der Waals surface area contributed by atoms with Gasteiger partial charge >= 0.3 is 0 Å². The minimum absolute atomic E-state index is 0.109. The average molecular weight is 523 g/mol. The highest BCUT2D eigenvalue weighted by Gasteiger charge is 2.15. The maximum absolute atomic E-state index is 15.0. The fraction of sp³-hybridized carbons (Fsp3) is 0.481. The summed E-state index contributed by atoms with van der Waals surface area (Å²) in [5, 5.41) is 5.98. The molecule has 1 aliphatic heterocycles. The van der Waals surface area contributed by atoms with Crippen LogP contribution in [0.25, 0.3) is 0 Å². The zero-order valence-electron chi connectivity index (χ0n) is 21.6. The number of nitrogens with two attached hydrogens (primary N) is 1. The monoisotopic (exact) mass is 522 g/mol. The molecular weight excluding hydrogens is 484 g/mol. The van der Waals surface area contributed by atoms with Crippen molar-refractivity contribution in [1.29, 1.82) is 0 Å². The van der Waals surface area contributed by atoms with Crippen LogP contribution in [0.3, 0.4) is 0 Å². The molecule has 0 bridgehead atoms. The van der Waals surface area contributed by atoms with Gasteiger partial charge < -0.3 is 21.3 Å². The van der Waals surface area contributed by atoms with E-state index in [1.807, 2.05) is 26.1 Å². The van der Waals surface area contributed by atoms with Gasteiger partial charge in [-0.3, -0.25) is 9.98 Å². The Morgan fingerprint density at radius 2 is 2.05 bits per heavy atom. The number of nitrogens with zero attached hydrogens (tertiary/aromatic N) is 3. The van der Waals surface area contributed by atoms with E-state index in [1.54, 1.807) is 0 Å². The third-order valence-electron chi connectivity index (χ3n) is 5.95. The smallest absolute Gasteiger partial charge is 0.242 e. The Morgan fingerprint density at radius 3 is 2.65 bits per heavy atom. The number of hydrogen-bond donors (Lipinski definition) is 3. The molecule has 0 spiro atoms. The van der Waals surface area contributed by atoms with E-state index in [1.165, 1.54) is 18.5 Å². The van der Waals surface area contributed by atoms with Gasteiger partial charge in [0.05, 0.1) is 31.7 Å². The van der Waals surface area contributed by atoms with Crippen LogP contribution in [-0.2, 0) is 13.0 Å². The molecule has 1 atom stereocenters. The molecule has 1 aromatic rings. The molecule has 0 saturated carbocycles. The fourth-order valence-corrected chi connectivity index (χ4v) is 3.77. The van der Waals surface area contributed by atoms with Gasteiger partial charge in [-0.05, 0) is 43.0 Å². The maximum Gasteiger partial charge on any atom is 0.242 e. The lowest BCUT2D eigenvalue weighted by molar-refractivity contribution is 0.149. The first-order valence-electron chi connectivity index (χ1n) is 12.5. The summed E-state index contributed by atoms with van der Waals surface area (Å²) in [4.78, 5) is 10.5. The Labute approximate surface area is 217 Å². The Morgan fingerprint density at radius 1 is 1.30 bits per heavy atom. The molecule has 37 heavy (non-hydrogen) atoms. The van der Waals surface area contributed by atoms with Crippen molar-refractivity contribution in [2.75, 3.05) is 19.6 Å². The second kappa shape index (κ2) is 15.7. The van der Waals surface area contributed by atoms with Crippen LogP contribution in [-0.4, -0.2) is 49.6 Å². The Bertz CT molecular complexity index is 985. The molecule has 0 saturated heterocycles. The molecule has 0 fully saturated rings. The summed E-state index contributed by atoms with van der Waals surface area (Å²) in [5.41, 5.74) is 6.66. The van der Waals surface area contributed by atoms with Crippen molar-refractivity contribution in [3.8, 4) is 0 Å². The quantitative estimate of drug-likeness (QED) is 0.171. The van der Waals surface area contributed by atoms with Gasteiger partial charge in [0.25, 0.3) is 0 Å². The van der Waals surface area contributed by atoms with E-state index in [2.05, 4.69) is 32.1 Å². The number of alkyl halides is 2. The van der Waals surface area contributed by atoms with Crippen molar-refractivity contribution in [1.82, 2.24) is 15.5 Å². The lowest BCUT2D eigenvalue weighted by atomic mass is 10.0. The number of aliphatic imine (C=N–C) groups is 2. The average Bonchev–Trinajstić information content (AvgIpc) is 2.85. The van der Waals surface area contributed by atoms with E-state index < -0.39 is 24.5 Å². The zero-order valence-corrected chi connectivity index (χ0v) is 21.6. The molecule has 4 N–H and O–H groups in total. The molecule has 1 heterocycles. The van der Waals surface area contributed by atoms with E-state index in [4.69, 9.17) is 5.73 Å². The third-order valence-corrected chi connectivity index (χ3v) is 5.95. The summed E-state index contributed by atoms with van der Waals surface area (Å²) in [5.74, 6) is -1.02. The number of halogens is 4. The van der Waals surface area contributed by atoms with Gasteiger partial charge in [0.1, 0.15) is 11.6 Å². The molecule has 6 nitrogen and oxygen atoms in total. The SMILES string of the molecule is C=C(N)CN1C=CC(CN/C(NC=NC(CC)CC)=C(\F)C=NCc2ccc(CC(F)F)cc2F)CC1. The highest BCUT2D eigenvalue weighted by atomic mass is 19.3. The molecule has 0 aliphatic carbocycles. The number of hydrogen-bond acceptors (Lipinski definition) is 5. The van der Waals surface area contributed by atoms with Crippen LogP contribution in [0.15, 0.2) is 64.4 Å². The normalized spacial score (nSPS) is 16.8. The van der Waals surface area contributed by atoms with Gasteiger partial charge in [0.2, 0.25) is 6.43 Å². The van der Waals surface area contributed by atoms with Crippen LogP contribution in [0.4, 0.5) is 17.6 Å². The Kier molecular flexibility index (Phi) is 12.7. The van der Waals surface area contributed by atoms with E-state index in [9.17, 15) is 13.2 Å². The molecule has 0 aromatic heterocycles. The summed E-state index contributed by atoms with van der Waals surface area (Å²) in [6, 6.07) is 4.02. The van der Waals surface area contributed by atoms with E-state index in [0.717, 1.165) is 38.1 Å². The summed E-state index contributed by atoms with van der Waals surface area (Å²) in [7, 11) is 0. The number of rotatable bonds is 15. The highest BCUT2D eigenvalue weighted by Crippen LogP contribution is 2.16. The lowest BCUT2D eigenvalue weighted by Crippen LogP contribution is -2.34. The summed E-state index contributed by atoms with van der Waals surface area (Å²) in [6.07, 6.45) is 6.02. The fourth-order valence-electron chi connectivity index (χ4n) is 3.77. The van der Waals surface area contributed by atoms with E-state index in [-0.39, 0.29) is 35.5 Å². The minimum Gasteiger partial charge on any atom is -0.401 e. The van der Waals surface area contributed by atoms with Crippen LogP contribution in [0.1, 0.15) is 44.2 Å². The van der Waals surface area contributed by atoms with Crippen LogP contribution < -0.4 is 16.4 Å². The van der Waals surface area contributed by atoms with Gasteiger partial charge in [-0.1, -0.05) is 38.6 Å². The largest absolute Gasteiger partial charge is 0.401 e. The van der Waals surface area contributed by atoms with Crippen molar-refractivity contribution in [2.45, 2.75) is 58.5 Å². The van der Waals surface area contributed by atoms with Gasteiger partial charge in [0, 0.05) is 30.8 Å². The summed E-state index contributed by atoms with van der Waals surface area (Å²) >= 11 is 0. The second-order valence-electron chi connectivity index (χ2n) is 9.01. The van der Waals surface area contributed by atoms with Crippen molar-refractivity contribution in [3.05, 3.63) is 71.3 Å².